The molecule has 1 aliphatic rings. The zero-order valence-electron chi connectivity index (χ0n) is 7.63. The van der Waals surface area contributed by atoms with Gasteiger partial charge in [0, 0.05) is 0 Å². The van der Waals surface area contributed by atoms with Crippen molar-refractivity contribution < 1.29 is 14.3 Å². The van der Waals surface area contributed by atoms with E-state index in [1.54, 1.807) is 0 Å². The molecular weight excluding hydrogens is 170 g/mol. The minimum Gasteiger partial charge on any atom is -0.464 e. The topological polar surface area (TPSA) is 55.4 Å². The summed E-state index contributed by atoms with van der Waals surface area (Å²) < 4.78 is 4.56. The summed E-state index contributed by atoms with van der Waals surface area (Å²) in [4.78, 5) is 21.4. The third kappa shape index (κ3) is 2.31. The Balaban J connectivity index is 2.81. The predicted molar refractivity (Wildman–Crippen MR) is 46.7 cm³/mol. The van der Waals surface area contributed by atoms with Crippen molar-refractivity contribution in [3.63, 3.8) is 0 Å². The van der Waals surface area contributed by atoms with Crippen molar-refractivity contribution in [3.05, 3.63) is 11.3 Å². The number of ether oxygens (including phenoxy) is 1. The second-order valence-corrected chi connectivity index (χ2v) is 2.94. The molecule has 0 bridgehead atoms. The molecule has 0 radical (unpaired) electrons. The van der Waals surface area contributed by atoms with Crippen molar-refractivity contribution in [1.82, 2.24) is 5.32 Å². The van der Waals surface area contributed by atoms with Crippen LogP contribution < -0.4 is 5.32 Å². The Labute approximate surface area is 76.9 Å². The smallest absolute Gasteiger partial charge is 0.354 e. The average Bonchev–Trinajstić information content (AvgIpc) is 2.65. The Morgan fingerprint density at radius 2 is 2.08 bits per heavy atom. The van der Waals surface area contributed by atoms with Gasteiger partial charge in [-0.25, -0.2) is 4.79 Å². The first-order chi connectivity index (χ1) is 6.29. The summed E-state index contributed by atoms with van der Waals surface area (Å²) in [5.74, 6) is -0.455. The van der Waals surface area contributed by atoms with Crippen LogP contribution in [-0.4, -0.2) is 19.5 Å². The number of carbonyl (C=O) groups excluding carboxylic acids is 2. The van der Waals surface area contributed by atoms with Gasteiger partial charge < -0.3 is 10.1 Å². The molecule has 0 aliphatic heterocycles. The second kappa shape index (κ2) is 4.64. The SMILES string of the molecule is COC(=O)C(NC=O)=C1CCCC1. The molecule has 0 atom stereocenters. The van der Waals surface area contributed by atoms with Crippen LogP contribution in [0.15, 0.2) is 11.3 Å². The van der Waals surface area contributed by atoms with Crippen molar-refractivity contribution in [2.45, 2.75) is 25.7 Å². The molecule has 0 aromatic rings. The van der Waals surface area contributed by atoms with Crippen LogP contribution in [0.1, 0.15) is 25.7 Å². The minimum atomic E-state index is -0.455. The highest BCUT2D eigenvalue weighted by atomic mass is 16.5. The summed E-state index contributed by atoms with van der Waals surface area (Å²) in [5.41, 5.74) is 1.33. The van der Waals surface area contributed by atoms with E-state index in [9.17, 15) is 9.59 Å². The summed E-state index contributed by atoms with van der Waals surface area (Å²) in [6.45, 7) is 0. The van der Waals surface area contributed by atoms with E-state index in [1.807, 2.05) is 0 Å². The van der Waals surface area contributed by atoms with Crippen molar-refractivity contribution >= 4 is 12.4 Å². The molecule has 0 aromatic carbocycles. The van der Waals surface area contributed by atoms with Gasteiger partial charge in [-0.05, 0) is 31.3 Å². The van der Waals surface area contributed by atoms with Crippen molar-refractivity contribution in [2.24, 2.45) is 0 Å². The maximum Gasteiger partial charge on any atom is 0.354 e. The van der Waals surface area contributed by atoms with E-state index >= 15 is 0 Å². The zero-order chi connectivity index (χ0) is 9.68. The number of methoxy groups -OCH3 is 1. The molecule has 0 saturated heterocycles. The number of rotatable bonds is 3. The van der Waals surface area contributed by atoms with Crippen molar-refractivity contribution in [2.75, 3.05) is 7.11 Å². The van der Waals surface area contributed by atoms with E-state index in [1.165, 1.54) is 7.11 Å². The van der Waals surface area contributed by atoms with Gasteiger partial charge in [0.15, 0.2) is 0 Å². The van der Waals surface area contributed by atoms with Gasteiger partial charge in [0.2, 0.25) is 6.41 Å². The fraction of sp³-hybridized carbons (Fsp3) is 0.556. The lowest BCUT2D eigenvalue weighted by atomic mass is 10.2. The minimum absolute atomic E-state index is 0.329. The molecule has 1 aliphatic carbocycles. The molecule has 4 nitrogen and oxygen atoms in total. The fourth-order valence-corrected chi connectivity index (χ4v) is 1.52. The lowest BCUT2D eigenvalue weighted by Gasteiger charge is -2.06. The molecule has 1 N–H and O–H groups in total. The molecule has 0 spiro atoms. The summed E-state index contributed by atoms with van der Waals surface area (Å²) in [5, 5.41) is 2.40. The van der Waals surface area contributed by atoms with E-state index in [-0.39, 0.29) is 0 Å². The standard InChI is InChI=1S/C9H13NO3/c1-13-9(12)8(10-6-11)7-4-2-3-5-7/h6H,2-5H2,1H3,(H,10,11). The molecule has 0 unspecified atom stereocenters. The summed E-state index contributed by atoms with van der Waals surface area (Å²) >= 11 is 0. The van der Waals surface area contributed by atoms with Crippen LogP contribution in [-0.2, 0) is 14.3 Å². The third-order valence-corrected chi connectivity index (χ3v) is 2.15. The first kappa shape index (κ1) is 9.77. The van der Waals surface area contributed by atoms with Gasteiger partial charge in [-0.3, -0.25) is 4.79 Å². The van der Waals surface area contributed by atoms with Crippen LogP contribution in [0.25, 0.3) is 0 Å². The van der Waals surface area contributed by atoms with Crippen molar-refractivity contribution in [1.29, 1.82) is 0 Å². The highest BCUT2D eigenvalue weighted by Crippen LogP contribution is 2.26. The van der Waals surface area contributed by atoms with Crippen molar-refractivity contribution in [3.8, 4) is 0 Å². The summed E-state index contributed by atoms with van der Waals surface area (Å²) in [6, 6.07) is 0. The number of allylic oxidation sites excluding steroid dienone is 1. The van der Waals surface area contributed by atoms with Gasteiger partial charge in [-0.15, -0.1) is 0 Å². The Kier molecular flexibility index (Phi) is 3.49. The molecule has 1 rings (SSSR count). The van der Waals surface area contributed by atoms with E-state index in [4.69, 9.17) is 0 Å². The monoisotopic (exact) mass is 183 g/mol. The fourth-order valence-electron chi connectivity index (χ4n) is 1.52. The number of esters is 1. The highest BCUT2D eigenvalue weighted by Gasteiger charge is 2.18. The molecule has 4 heteroatoms. The normalized spacial score (nSPS) is 15.3. The van der Waals surface area contributed by atoms with E-state index in [0.717, 1.165) is 31.3 Å². The lowest BCUT2D eigenvalue weighted by Crippen LogP contribution is -2.21. The molecule has 13 heavy (non-hydrogen) atoms. The van der Waals surface area contributed by atoms with Gasteiger partial charge in [-0.2, -0.15) is 0 Å². The lowest BCUT2D eigenvalue weighted by molar-refractivity contribution is -0.137. The number of hydrogen-bond acceptors (Lipinski definition) is 3. The maximum atomic E-state index is 11.2. The van der Waals surface area contributed by atoms with Crippen LogP contribution in [0.3, 0.4) is 0 Å². The third-order valence-electron chi connectivity index (χ3n) is 2.15. The maximum absolute atomic E-state index is 11.2. The quantitative estimate of drug-likeness (QED) is 0.398. The molecular formula is C9H13NO3. The second-order valence-electron chi connectivity index (χ2n) is 2.94. The first-order valence-electron chi connectivity index (χ1n) is 4.30. The number of hydrogen-bond donors (Lipinski definition) is 1. The molecule has 72 valence electrons. The highest BCUT2D eigenvalue weighted by molar-refractivity contribution is 5.91. The van der Waals surface area contributed by atoms with Gasteiger partial charge >= 0.3 is 5.97 Å². The Morgan fingerprint density at radius 3 is 2.54 bits per heavy atom. The Bertz CT molecular complexity index is 237. The van der Waals surface area contributed by atoms with Gasteiger partial charge in [0.05, 0.1) is 7.11 Å². The van der Waals surface area contributed by atoms with Crippen LogP contribution in [0.5, 0.6) is 0 Å². The summed E-state index contributed by atoms with van der Waals surface area (Å²) in [6.07, 6.45) is 4.43. The van der Waals surface area contributed by atoms with Crippen LogP contribution >= 0.6 is 0 Å². The molecule has 0 aromatic heterocycles. The molecule has 1 fully saturated rings. The average molecular weight is 183 g/mol. The van der Waals surface area contributed by atoms with Crippen LogP contribution in [0, 0.1) is 0 Å². The van der Waals surface area contributed by atoms with Gasteiger partial charge in [-0.1, -0.05) is 0 Å². The Hall–Kier alpha value is -1.32. The largest absolute Gasteiger partial charge is 0.464 e. The number of nitrogens with one attached hydrogen (secondary N) is 1. The zero-order valence-corrected chi connectivity index (χ0v) is 7.63. The number of carbonyl (C=O) groups is 2. The van der Waals surface area contributed by atoms with Crippen LogP contribution in [0.4, 0.5) is 0 Å². The van der Waals surface area contributed by atoms with Gasteiger partial charge in [0.25, 0.3) is 0 Å². The first-order valence-corrected chi connectivity index (χ1v) is 4.30. The molecule has 0 heterocycles. The van der Waals surface area contributed by atoms with E-state index in [0.29, 0.717) is 12.1 Å². The molecule has 1 amide bonds. The molecule has 1 saturated carbocycles. The summed E-state index contributed by atoms with van der Waals surface area (Å²) in [7, 11) is 1.31. The van der Waals surface area contributed by atoms with Gasteiger partial charge in [0.1, 0.15) is 5.70 Å². The van der Waals surface area contributed by atoms with E-state index < -0.39 is 5.97 Å². The predicted octanol–water partition coefficient (Wildman–Crippen LogP) is 0.733. The van der Waals surface area contributed by atoms with Crippen LogP contribution in [0.2, 0.25) is 0 Å². The number of amides is 1. The Morgan fingerprint density at radius 1 is 1.46 bits per heavy atom. The van der Waals surface area contributed by atoms with E-state index in [2.05, 4.69) is 10.1 Å².